The molecule has 0 aromatic carbocycles. The summed E-state index contributed by atoms with van der Waals surface area (Å²) in [5, 5.41) is 13.3. The van der Waals surface area contributed by atoms with Gasteiger partial charge in [-0.05, 0) is 34.6 Å². The highest BCUT2D eigenvalue weighted by molar-refractivity contribution is 4.81. The molecule has 0 saturated carbocycles. The molecule has 0 spiro atoms. The summed E-state index contributed by atoms with van der Waals surface area (Å²) in [6, 6.07) is 0. The largest absolute Gasteiger partial charge is 0.390 e. The van der Waals surface area contributed by atoms with E-state index in [9.17, 15) is 5.11 Å². The van der Waals surface area contributed by atoms with E-state index in [1.807, 2.05) is 0 Å². The third-order valence-electron chi connectivity index (χ3n) is 2.84. The third kappa shape index (κ3) is 6.36. The number of nitrogens with one attached hydrogen (secondary N) is 1. The van der Waals surface area contributed by atoms with E-state index in [0.29, 0.717) is 6.54 Å². The van der Waals surface area contributed by atoms with Crippen molar-refractivity contribution in [2.45, 2.75) is 51.9 Å². The second-order valence-electron chi connectivity index (χ2n) is 6.63. The third-order valence-corrected chi connectivity index (χ3v) is 2.84. The van der Waals surface area contributed by atoms with Gasteiger partial charge in [0.15, 0.2) is 0 Å². The Kier molecular flexibility index (Phi) is 4.95. The van der Waals surface area contributed by atoms with Crippen LogP contribution in [0.15, 0.2) is 0 Å². The van der Waals surface area contributed by atoms with Crippen LogP contribution in [0.2, 0.25) is 0 Å². The lowest BCUT2D eigenvalue weighted by Crippen LogP contribution is -2.52. The van der Waals surface area contributed by atoms with Crippen molar-refractivity contribution in [1.29, 1.82) is 0 Å². The number of rotatable bonds is 4. The van der Waals surface area contributed by atoms with E-state index in [1.54, 1.807) is 0 Å². The Morgan fingerprint density at radius 1 is 1.41 bits per heavy atom. The summed E-state index contributed by atoms with van der Waals surface area (Å²) in [5.41, 5.74) is -0.0271. The van der Waals surface area contributed by atoms with Crippen molar-refractivity contribution in [3.05, 3.63) is 0 Å². The molecule has 0 aliphatic carbocycles. The second kappa shape index (κ2) is 5.65. The van der Waals surface area contributed by atoms with Crippen molar-refractivity contribution >= 4 is 0 Å². The van der Waals surface area contributed by atoms with Crippen LogP contribution in [0.3, 0.4) is 0 Å². The number of nitrogens with zero attached hydrogens (tertiary/aromatic N) is 1. The Labute approximate surface area is 105 Å². The summed E-state index contributed by atoms with van der Waals surface area (Å²) in [6.45, 7) is 14.4. The zero-order valence-corrected chi connectivity index (χ0v) is 11.9. The molecule has 1 rings (SSSR count). The van der Waals surface area contributed by atoms with E-state index in [2.05, 4.69) is 44.8 Å². The van der Waals surface area contributed by atoms with Crippen molar-refractivity contribution in [2.75, 3.05) is 32.8 Å². The first-order valence-corrected chi connectivity index (χ1v) is 6.47. The van der Waals surface area contributed by atoms with Gasteiger partial charge in [0.1, 0.15) is 0 Å². The van der Waals surface area contributed by atoms with E-state index in [1.165, 1.54) is 0 Å². The molecular weight excluding hydrogens is 216 g/mol. The smallest absolute Gasteiger partial charge is 0.0791 e. The maximum atomic E-state index is 9.99. The van der Waals surface area contributed by atoms with Gasteiger partial charge in [-0.3, -0.25) is 4.90 Å². The zero-order chi connectivity index (χ0) is 13.1. The number of morpholine rings is 1. The number of aliphatic hydroxyl groups is 1. The first-order chi connectivity index (χ1) is 7.68. The molecule has 1 fully saturated rings. The number of β-amino-alcohol motifs (C(OH)–C–C–N with tert-alkyl or cyclic N) is 1. The lowest BCUT2D eigenvalue weighted by molar-refractivity contribution is -0.0930. The molecule has 4 heteroatoms. The molecule has 0 aromatic heterocycles. The molecule has 0 radical (unpaired) electrons. The van der Waals surface area contributed by atoms with Gasteiger partial charge in [0.25, 0.3) is 0 Å². The van der Waals surface area contributed by atoms with Crippen molar-refractivity contribution in [3.8, 4) is 0 Å². The molecule has 1 atom stereocenters. The molecule has 0 bridgehead atoms. The predicted octanol–water partition coefficient (Wildman–Crippen LogP) is 0.846. The van der Waals surface area contributed by atoms with Crippen LogP contribution < -0.4 is 5.32 Å². The van der Waals surface area contributed by atoms with Gasteiger partial charge in [0, 0.05) is 31.7 Å². The molecule has 4 nitrogen and oxygen atoms in total. The summed E-state index contributed by atoms with van der Waals surface area (Å²) < 4.78 is 5.65. The van der Waals surface area contributed by atoms with Gasteiger partial charge >= 0.3 is 0 Å². The van der Waals surface area contributed by atoms with Crippen molar-refractivity contribution < 1.29 is 9.84 Å². The van der Waals surface area contributed by atoms with Gasteiger partial charge in [-0.2, -0.15) is 0 Å². The van der Waals surface area contributed by atoms with Crippen LogP contribution >= 0.6 is 0 Å². The number of hydrogen-bond acceptors (Lipinski definition) is 4. The molecule has 0 aromatic rings. The van der Waals surface area contributed by atoms with Crippen LogP contribution in [-0.4, -0.2) is 60.0 Å². The first-order valence-electron chi connectivity index (χ1n) is 6.47. The summed E-state index contributed by atoms with van der Waals surface area (Å²) >= 11 is 0. The van der Waals surface area contributed by atoms with Crippen LogP contribution in [0.4, 0.5) is 0 Å². The van der Waals surface area contributed by atoms with E-state index in [-0.39, 0.29) is 17.2 Å². The molecule has 2 N–H and O–H groups in total. The zero-order valence-electron chi connectivity index (χ0n) is 11.9. The molecule has 1 saturated heterocycles. The molecule has 1 aliphatic rings. The Hall–Kier alpha value is -0.160. The molecule has 1 aliphatic heterocycles. The Balaban J connectivity index is 2.28. The van der Waals surface area contributed by atoms with Gasteiger partial charge in [-0.25, -0.2) is 0 Å². The standard InChI is InChI=1S/C13H28N2O2/c1-12(2,3)14-8-11(16)9-15-6-7-17-13(4,5)10-15/h11,14,16H,6-10H2,1-5H3. The highest BCUT2D eigenvalue weighted by atomic mass is 16.5. The fraction of sp³-hybridized carbons (Fsp3) is 1.00. The lowest BCUT2D eigenvalue weighted by atomic mass is 10.1. The van der Waals surface area contributed by atoms with Gasteiger partial charge < -0.3 is 15.2 Å². The van der Waals surface area contributed by atoms with Crippen LogP contribution in [-0.2, 0) is 4.74 Å². The molecular formula is C13H28N2O2. The van der Waals surface area contributed by atoms with Crippen molar-refractivity contribution in [2.24, 2.45) is 0 Å². The summed E-state index contributed by atoms with van der Waals surface area (Å²) in [7, 11) is 0. The molecule has 102 valence electrons. The van der Waals surface area contributed by atoms with E-state index < -0.39 is 0 Å². The maximum Gasteiger partial charge on any atom is 0.0791 e. The van der Waals surface area contributed by atoms with E-state index >= 15 is 0 Å². The second-order valence-corrected chi connectivity index (χ2v) is 6.63. The lowest BCUT2D eigenvalue weighted by Gasteiger charge is -2.39. The normalized spacial score (nSPS) is 23.6. The predicted molar refractivity (Wildman–Crippen MR) is 70.2 cm³/mol. The molecule has 17 heavy (non-hydrogen) atoms. The number of ether oxygens (including phenoxy) is 1. The Bertz CT molecular complexity index is 236. The van der Waals surface area contributed by atoms with Crippen LogP contribution in [0.5, 0.6) is 0 Å². The highest BCUT2D eigenvalue weighted by Crippen LogP contribution is 2.16. The van der Waals surface area contributed by atoms with Gasteiger partial charge in [-0.15, -0.1) is 0 Å². The quantitative estimate of drug-likeness (QED) is 0.769. The monoisotopic (exact) mass is 244 g/mol. The highest BCUT2D eigenvalue weighted by Gasteiger charge is 2.28. The van der Waals surface area contributed by atoms with Gasteiger partial charge in [0.2, 0.25) is 0 Å². The maximum absolute atomic E-state index is 9.99. The minimum absolute atomic E-state index is 0.0608. The number of hydrogen-bond donors (Lipinski definition) is 2. The van der Waals surface area contributed by atoms with Crippen LogP contribution in [0.1, 0.15) is 34.6 Å². The van der Waals surface area contributed by atoms with Crippen LogP contribution in [0, 0.1) is 0 Å². The fourth-order valence-corrected chi connectivity index (χ4v) is 2.06. The van der Waals surface area contributed by atoms with Gasteiger partial charge in [-0.1, -0.05) is 0 Å². The van der Waals surface area contributed by atoms with Crippen molar-refractivity contribution in [3.63, 3.8) is 0 Å². The summed E-state index contributed by atoms with van der Waals surface area (Å²) in [5.74, 6) is 0. The Morgan fingerprint density at radius 2 is 2.06 bits per heavy atom. The average Bonchev–Trinajstić information content (AvgIpc) is 2.12. The molecule has 1 unspecified atom stereocenters. The average molecular weight is 244 g/mol. The number of aliphatic hydroxyl groups excluding tert-OH is 1. The van der Waals surface area contributed by atoms with Crippen molar-refractivity contribution in [1.82, 2.24) is 10.2 Å². The summed E-state index contributed by atoms with van der Waals surface area (Å²) in [6.07, 6.45) is -0.317. The van der Waals surface area contributed by atoms with Gasteiger partial charge in [0.05, 0.1) is 18.3 Å². The van der Waals surface area contributed by atoms with E-state index in [4.69, 9.17) is 4.74 Å². The Morgan fingerprint density at radius 3 is 2.59 bits per heavy atom. The topological polar surface area (TPSA) is 44.7 Å². The first kappa shape index (κ1) is 14.9. The molecule has 0 amide bonds. The SMILES string of the molecule is CC(C)(C)NCC(O)CN1CCOC(C)(C)C1. The molecule has 1 heterocycles. The van der Waals surface area contributed by atoms with Crippen LogP contribution in [0.25, 0.3) is 0 Å². The summed E-state index contributed by atoms with van der Waals surface area (Å²) in [4.78, 5) is 2.28. The van der Waals surface area contributed by atoms with E-state index in [0.717, 1.165) is 26.2 Å². The fourth-order valence-electron chi connectivity index (χ4n) is 2.06. The minimum atomic E-state index is -0.317. The minimum Gasteiger partial charge on any atom is -0.390 e.